The van der Waals surface area contributed by atoms with E-state index in [1.165, 1.54) is 17.0 Å². The van der Waals surface area contributed by atoms with Crippen LogP contribution in [-0.4, -0.2) is 54.7 Å². The number of rotatable bonds is 6. The van der Waals surface area contributed by atoms with Crippen LogP contribution in [0.4, 0.5) is 23.7 Å². The first-order valence-corrected chi connectivity index (χ1v) is 12.3. The van der Waals surface area contributed by atoms with Crippen LogP contribution in [0.2, 0.25) is 0 Å². The molecule has 196 valence electrons. The van der Waals surface area contributed by atoms with Crippen LogP contribution in [0, 0.1) is 17.8 Å². The number of para-hydroxylation sites is 1. The molecule has 1 aromatic rings. The number of fused-ring (bicyclic) bond motifs is 1. The Morgan fingerprint density at radius 2 is 1.80 bits per heavy atom. The molecular formula is C26H38F3N3O3. The van der Waals surface area contributed by atoms with Crippen LogP contribution in [0.25, 0.3) is 0 Å². The molecule has 9 heteroatoms. The van der Waals surface area contributed by atoms with Crippen LogP contribution in [0.15, 0.2) is 24.3 Å². The second-order valence-corrected chi connectivity index (χ2v) is 11.3. The molecule has 1 aliphatic carbocycles. The number of alkyl halides is 3. The Morgan fingerprint density at radius 3 is 2.40 bits per heavy atom. The van der Waals surface area contributed by atoms with Crippen molar-refractivity contribution in [1.29, 1.82) is 0 Å². The number of halogens is 3. The molecule has 0 aromatic heterocycles. The summed E-state index contributed by atoms with van der Waals surface area (Å²) in [4.78, 5) is 29.1. The lowest BCUT2D eigenvalue weighted by molar-refractivity contribution is -0.137. The number of benzene rings is 1. The Kier molecular flexibility index (Phi) is 7.96. The highest BCUT2D eigenvalue weighted by molar-refractivity contribution is 5.86. The van der Waals surface area contributed by atoms with Crippen molar-refractivity contribution < 1.29 is 27.5 Å². The highest BCUT2D eigenvalue weighted by atomic mass is 19.4. The summed E-state index contributed by atoms with van der Waals surface area (Å²) >= 11 is 0. The summed E-state index contributed by atoms with van der Waals surface area (Å²) in [6.07, 6.45) is -2.87. The number of ether oxygens (including phenoxy) is 1. The fourth-order valence-corrected chi connectivity index (χ4v) is 5.26. The summed E-state index contributed by atoms with van der Waals surface area (Å²) in [5.41, 5.74) is -1.11. The van der Waals surface area contributed by atoms with Crippen LogP contribution in [0.3, 0.4) is 0 Å². The van der Waals surface area contributed by atoms with Gasteiger partial charge < -0.3 is 15.0 Å². The summed E-state index contributed by atoms with van der Waals surface area (Å²) < 4.78 is 46.1. The normalized spacial score (nSPS) is 23.3. The van der Waals surface area contributed by atoms with Crippen molar-refractivity contribution >= 4 is 17.7 Å². The van der Waals surface area contributed by atoms with Gasteiger partial charge in [0.15, 0.2) is 0 Å². The van der Waals surface area contributed by atoms with E-state index >= 15 is 0 Å². The van der Waals surface area contributed by atoms with Gasteiger partial charge >= 0.3 is 12.3 Å². The molecule has 1 heterocycles. The molecule has 2 fully saturated rings. The monoisotopic (exact) mass is 497 g/mol. The third-order valence-corrected chi connectivity index (χ3v) is 6.88. The van der Waals surface area contributed by atoms with Crippen molar-refractivity contribution in [2.24, 2.45) is 17.8 Å². The molecule has 0 radical (unpaired) electrons. The fourth-order valence-electron chi connectivity index (χ4n) is 5.26. The average Bonchev–Trinajstić information content (AvgIpc) is 3.31. The average molecular weight is 498 g/mol. The lowest BCUT2D eigenvalue weighted by Gasteiger charge is -2.32. The van der Waals surface area contributed by atoms with Gasteiger partial charge in [0.25, 0.3) is 0 Å². The van der Waals surface area contributed by atoms with Crippen LogP contribution < -0.4 is 10.2 Å². The first kappa shape index (κ1) is 27.1. The summed E-state index contributed by atoms with van der Waals surface area (Å²) in [6, 6.07) is 4.84. The van der Waals surface area contributed by atoms with E-state index in [9.17, 15) is 22.8 Å². The third-order valence-electron chi connectivity index (χ3n) is 6.88. The second kappa shape index (κ2) is 10.3. The van der Waals surface area contributed by atoms with Gasteiger partial charge in [-0.1, -0.05) is 26.0 Å². The molecule has 2 amide bonds. The number of carbonyl (C=O) groups is 2. The van der Waals surface area contributed by atoms with Gasteiger partial charge in [0.2, 0.25) is 5.91 Å². The first-order valence-electron chi connectivity index (χ1n) is 12.3. The number of amides is 2. The molecule has 0 spiro atoms. The van der Waals surface area contributed by atoms with Crippen molar-refractivity contribution in [3.8, 4) is 0 Å². The zero-order valence-corrected chi connectivity index (χ0v) is 21.5. The quantitative estimate of drug-likeness (QED) is 0.578. The zero-order chi connectivity index (χ0) is 26.1. The molecule has 6 nitrogen and oxygen atoms in total. The Labute approximate surface area is 206 Å². The minimum atomic E-state index is -4.42. The van der Waals surface area contributed by atoms with Crippen molar-refractivity contribution in [3.63, 3.8) is 0 Å². The molecule has 0 unspecified atom stereocenters. The predicted molar refractivity (Wildman–Crippen MR) is 129 cm³/mol. The van der Waals surface area contributed by atoms with E-state index in [0.717, 1.165) is 18.9 Å². The molecule has 1 saturated heterocycles. The van der Waals surface area contributed by atoms with E-state index in [2.05, 4.69) is 5.32 Å². The van der Waals surface area contributed by atoms with Crippen LogP contribution in [-0.2, 0) is 15.7 Å². The lowest BCUT2D eigenvalue weighted by Crippen LogP contribution is -2.52. The second-order valence-electron chi connectivity index (χ2n) is 11.3. The van der Waals surface area contributed by atoms with Crippen LogP contribution >= 0.6 is 0 Å². The van der Waals surface area contributed by atoms with Gasteiger partial charge in [0.05, 0.1) is 5.56 Å². The van der Waals surface area contributed by atoms with E-state index in [1.54, 1.807) is 38.8 Å². The van der Waals surface area contributed by atoms with Gasteiger partial charge in [-0.25, -0.2) is 4.79 Å². The van der Waals surface area contributed by atoms with Gasteiger partial charge in [0, 0.05) is 37.8 Å². The summed E-state index contributed by atoms with van der Waals surface area (Å²) in [7, 11) is 1.57. The van der Waals surface area contributed by atoms with E-state index in [4.69, 9.17) is 4.74 Å². The topological polar surface area (TPSA) is 61.9 Å². The maximum atomic E-state index is 13.6. The molecule has 2 aliphatic rings. The van der Waals surface area contributed by atoms with Crippen molar-refractivity contribution in [1.82, 2.24) is 10.2 Å². The van der Waals surface area contributed by atoms with Gasteiger partial charge in [-0.05, 0) is 64.0 Å². The maximum absolute atomic E-state index is 13.6. The first-order chi connectivity index (χ1) is 16.2. The number of likely N-dealkylation sites (N-methyl/N-ethyl adjacent to an activating group) is 1. The number of carbonyl (C=O) groups excluding carboxylic acids is 2. The number of hydrogen-bond acceptors (Lipinski definition) is 4. The third kappa shape index (κ3) is 6.61. The molecule has 4 atom stereocenters. The molecular weight excluding hydrogens is 459 g/mol. The van der Waals surface area contributed by atoms with E-state index in [0.29, 0.717) is 19.5 Å². The molecule has 35 heavy (non-hydrogen) atoms. The van der Waals surface area contributed by atoms with Crippen molar-refractivity contribution in [2.45, 2.75) is 77.7 Å². The molecule has 1 saturated carbocycles. The molecule has 1 aliphatic heterocycles. The number of nitrogens with zero attached hydrogens (tertiary/aromatic N) is 2. The molecule has 1 N–H and O–H groups in total. The number of nitrogens with one attached hydrogen (secondary N) is 1. The molecule has 0 bridgehead atoms. The van der Waals surface area contributed by atoms with Crippen molar-refractivity contribution in [3.05, 3.63) is 29.8 Å². The predicted octanol–water partition coefficient (Wildman–Crippen LogP) is 5.32. The Hall–Kier alpha value is -2.45. The Bertz CT molecular complexity index is 913. The highest BCUT2D eigenvalue weighted by Crippen LogP contribution is 2.43. The van der Waals surface area contributed by atoms with Gasteiger partial charge in [-0.2, -0.15) is 13.2 Å². The van der Waals surface area contributed by atoms with E-state index in [1.807, 2.05) is 13.8 Å². The number of anilines is 1. The smallest absolute Gasteiger partial charge is 0.418 e. The van der Waals surface area contributed by atoms with Crippen molar-refractivity contribution in [2.75, 3.05) is 25.0 Å². The van der Waals surface area contributed by atoms with E-state index in [-0.39, 0.29) is 35.4 Å². The standard InChI is InChI=1S/C26H38F3N3O3/c1-16(2)13-22(31(6)24(34)35-25(3,4)5)23(33)30-20-12-11-17-14-32(15-18(17)20)21-10-8-7-9-19(21)26(27,28)29/h7-10,16-18,20,22H,11-15H2,1-6H3,(H,30,33)/t17-,18+,20+,22+/m1/s1. The fraction of sp³-hybridized carbons (Fsp3) is 0.692. The van der Waals surface area contributed by atoms with Gasteiger partial charge in [-0.3, -0.25) is 9.69 Å². The lowest BCUT2D eigenvalue weighted by atomic mass is 9.96. The van der Waals surface area contributed by atoms with Crippen LogP contribution in [0.5, 0.6) is 0 Å². The van der Waals surface area contributed by atoms with E-state index < -0.39 is 29.5 Å². The molecule has 3 rings (SSSR count). The minimum absolute atomic E-state index is 0.0618. The highest BCUT2D eigenvalue weighted by Gasteiger charge is 2.46. The summed E-state index contributed by atoms with van der Waals surface area (Å²) in [6.45, 7) is 10.3. The molecule has 1 aromatic carbocycles. The minimum Gasteiger partial charge on any atom is -0.444 e. The SMILES string of the molecule is CC(C)C[C@@H](C(=O)N[C@H]1CC[C@@H]2CN(c3ccccc3C(F)(F)F)C[C@@H]21)N(C)C(=O)OC(C)(C)C. The van der Waals surface area contributed by atoms with Crippen LogP contribution in [0.1, 0.15) is 59.4 Å². The van der Waals surface area contributed by atoms with Gasteiger partial charge in [-0.15, -0.1) is 0 Å². The Balaban J connectivity index is 1.71. The summed E-state index contributed by atoms with van der Waals surface area (Å²) in [5.74, 6) is 0.208. The zero-order valence-electron chi connectivity index (χ0n) is 21.5. The van der Waals surface area contributed by atoms with Gasteiger partial charge in [0.1, 0.15) is 11.6 Å². The summed E-state index contributed by atoms with van der Waals surface area (Å²) in [5, 5.41) is 3.13. The maximum Gasteiger partial charge on any atom is 0.418 e. The Morgan fingerprint density at radius 1 is 1.14 bits per heavy atom. The largest absolute Gasteiger partial charge is 0.444 e. The number of hydrogen-bond donors (Lipinski definition) is 1.